The molecule has 2 heterocycles. The summed E-state index contributed by atoms with van der Waals surface area (Å²) < 4.78 is 2.34. The van der Waals surface area contributed by atoms with Crippen LogP contribution in [0.25, 0.3) is 21.9 Å². The largest absolute Gasteiger partial charge is 0.389 e. The quantitative estimate of drug-likeness (QED) is 0.364. The smallest absolute Gasteiger partial charge is 0.152 e. The number of benzene rings is 1. The molecule has 0 fully saturated rings. The molecule has 7 nitrogen and oxygen atoms in total. The standard InChI is InChI=1S/C25H35N7/c1-4-5-12-21-31-22-23(19-10-6-7-11-20(19)30-24(22)27)32(21)16-9-8-15-29-18(2)13-14-25(3,28)17-26/h6-7,10-11,29H,2,4-5,8-9,12-16,28H2,1,3H3,(H2,27,30). The van der Waals surface area contributed by atoms with E-state index in [1.54, 1.807) is 6.92 Å². The maximum Gasteiger partial charge on any atom is 0.152 e. The average Bonchev–Trinajstić information content (AvgIpc) is 3.15. The number of pyridine rings is 1. The van der Waals surface area contributed by atoms with Gasteiger partial charge in [-0.3, -0.25) is 0 Å². The number of aryl methyl sites for hydroxylation is 2. The van der Waals surface area contributed by atoms with Gasteiger partial charge in [0, 0.05) is 30.6 Å². The number of para-hydroxylation sites is 1. The Bertz CT molecular complexity index is 1120. The van der Waals surface area contributed by atoms with Crippen LogP contribution < -0.4 is 16.8 Å². The Balaban J connectivity index is 1.68. The highest BCUT2D eigenvalue weighted by atomic mass is 15.1. The Morgan fingerprint density at radius 2 is 2.03 bits per heavy atom. The number of imidazole rings is 1. The van der Waals surface area contributed by atoms with E-state index in [-0.39, 0.29) is 0 Å². The highest BCUT2D eigenvalue weighted by Crippen LogP contribution is 2.29. The lowest BCUT2D eigenvalue weighted by Gasteiger charge is -2.17. The number of nitrogens with two attached hydrogens (primary N) is 2. The molecule has 0 spiro atoms. The summed E-state index contributed by atoms with van der Waals surface area (Å²) in [6, 6.07) is 10.3. The summed E-state index contributed by atoms with van der Waals surface area (Å²) in [6.45, 7) is 9.73. The van der Waals surface area contributed by atoms with E-state index in [0.29, 0.717) is 18.7 Å². The Morgan fingerprint density at radius 1 is 1.25 bits per heavy atom. The molecule has 0 saturated heterocycles. The second-order valence-electron chi connectivity index (χ2n) is 8.76. The fraction of sp³-hybridized carbons (Fsp3) is 0.480. The van der Waals surface area contributed by atoms with Crippen molar-refractivity contribution in [2.75, 3.05) is 12.3 Å². The maximum atomic E-state index is 9.03. The number of hydrogen-bond donors (Lipinski definition) is 3. The minimum atomic E-state index is -0.804. The molecule has 2 aromatic heterocycles. The van der Waals surface area contributed by atoms with Gasteiger partial charge in [0.1, 0.15) is 16.9 Å². The zero-order valence-electron chi connectivity index (χ0n) is 19.3. The molecule has 1 atom stereocenters. The summed E-state index contributed by atoms with van der Waals surface area (Å²) in [7, 11) is 0. The Kier molecular flexibility index (Phi) is 7.70. The van der Waals surface area contributed by atoms with E-state index < -0.39 is 5.54 Å². The third-order valence-corrected chi connectivity index (χ3v) is 5.83. The van der Waals surface area contributed by atoms with Crippen LogP contribution in [0.3, 0.4) is 0 Å². The van der Waals surface area contributed by atoms with E-state index in [9.17, 15) is 0 Å². The molecule has 1 aromatic carbocycles. The van der Waals surface area contributed by atoms with E-state index in [0.717, 1.165) is 78.7 Å². The van der Waals surface area contributed by atoms with E-state index in [1.807, 2.05) is 18.2 Å². The minimum absolute atomic E-state index is 0.498. The van der Waals surface area contributed by atoms with Gasteiger partial charge in [0.05, 0.1) is 17.1 Å². The molecule has 0 aliphatic heterocycles. The molecule has 0 saturated carbocycles. The number of nitrogen functional groups attached to an aromatic ring is 1. The van der Waals surface area contributed by atoms with Crippen molar-refractivity contribution in [2.24, 2.45) is 5.73 Å². The van der Waals surface area contributed by atoms with Crippen molar-refractivity contribution in [1.82, 2.24) is 19.9 Å². The predicted molar refractivity (Wildman–Crippen MR) is 132 cm³/mol. The highest BCUT2D eigenvalue weighted by Gasteiger charge is 2.18. The summed E-state index contributed by atoms with van der Waals surface area (Å²) in [6.07, 6.45) is 6.46. The van der Waals surface area contributed by atoms with Crippen LogP contribution in [0, 0.1) is 11.3 Å². The van der Waals surface area contributed by atoms with Gasteiger partial charge in [-0.2, -0.15) is 5.26 Å². The number of aromatic nitrogens is 3. The van der Waals surface area contributed by atoms with Gasteiger partial charge in [-0.15, -0.1) is 0 Å². The van der Waals surface area contributed by atoms with Crippen LogP contribution in [-0.4, -0.2) is 26.6 Å². The molecule has 0 aliphatic carbocycles. The van der Waals surface area contributed by atoms with E-state index in [1.165, 1.54) is 0 Å². The molecule has 32 heavy (non-hydrogen) atoms. The van der Waals surface area contributed by atoms with Crippen molar-refractivity contribution < 1.29 is 0 Å². The molecule has 3 rings (SSSR count). The first-order valence-corrected chi connectivity index (χ1v) is 11.5. The lowest BCUT2D eigenvalue weighted by atomic mass is 9.98. The number of unbranched alkanes of at least 4 members (excludes halogenated alkanes) is 2. The maximum absolute atomic E-state index is 9.03. The zero-order chi connectivity index (χ0) is 23.1. The molecular formula is C25H35N7. The number of fused-ring (bicyclic) bond motifs is 3. The van der Waals surface area contributed by atoms with Gasteiger partial charge < -0.3 is 21.4 Å². The van der Waals surface area contributed by atoms with Crippen LogP contribution in [0.15, 0.2) is 36.5 Å². The molecular weight excluding hydrogens is 398 g/mol. The SMILES string of the molecule is C=C(CCC(C)(N)C#N)NCCCCn1c(CCCC)nc2c(N)nc3ccccc3c21. The number of nitrogens with zero attached hydrogens (tertiary/aromatic N) is 4. The molecule has 0 bridgehead atoms. The number of allylic oxidation sites excluding steroid dienone is 1. The number of rotatable bonds is 12. The van der Waals surface area contributed by atoms with Crippen molar-refractivity contribution in [2.45, 2.75) is 70.9 Å². The number of nitrogens with one attached hydrogen (secondary N) is 1. The molecule has 1 unspecified atom stereocenters. The fourth-order valence-corrected chi connectivity index (χ4v) is 3.89. The molecule has 0 aliphatic rings. The second-order valence-corrected chi connectivity index (χ2v) is 8.76. The lowest BCUT2D eigenvalue weighted by Crippen LogP contribution is -2.34. The van der Waals surface area contributed by atoms with Gasteiger partial charge in [0.25, 0.3) is 0 Å². The third kappa shape index (κ3) is 5.57. The zero-order valence-corrected chi connectivity index (χ0v) is 19.3. The van der Waals surface area contributed by atoms with Gasteiger partial charge in [0.15, 0.2) is 5.82 Å². The van der Waals surface area contributed by atoms with Crippen molar-refractivity contribution in [3.8, 4) is 6.07 Å². The van der Waals surface area contributed by atoms with Crippen LogP contribution in [-0.2, 0) is 13.0 Å². The summed E-state index contributed by atoms with van der Waals surface area (Å²) >= 11 is 0. The molecule has 0 amide bonds. The fourth-order valence-electron chi connectivity index (χ4n) is 3.89. The Hall–Kier alpha value is -3.11. The van der Waals surface area contributed by atoms with Crippen LogP contribution in [0.1, 0.15) is 58.2 Å². The first kappa shape index (κ1) is 23.6. The third-order valence-electron chi connectivity index (χ3n) is 5.83. The molecule has 3 aromatic rings. The molecule has 170 valence electrons. The van der Waals surface area contributed by atoms with Gasteiger partial charge in [-0.25, -0.2) is 9.97 Å². The number of nitriles is 1. The van der Waals surface area contributed by atoms with Gasteiger partial charge in [-0.05, 0) is 45.1 Å². The van der Waals surface area contributed by atoms with Crippen molar-refractivity contribution in [3.63, 3.8) is 0 Å². The van der Waals surface area contributed by atoms with Crippen LogP contribution in [0.2, 0.25) is 0 Å². The topological polar surface area (TPSA) is 119 Å². The monoisotopic (exact) mass is 433 g/mol. The summed E-state index contributed by atoms with van der Waals surface area (Å²) in [5, 5.41) is 13.5. The lowest BCUT2D eigenvalue weighted by molar-refractivity contribution is 0.526. The number of anilines is 1. The minimum Gasteiger partial charge on any atom is -0.389 e. The highest BCUT2D eigenvalue weighted by molar-refractivity contribution is 6.06. The van der Waals surface area contributed by atoms with Crippen molar-refractivity contribution in [1.29, 1.82) is 5.26 Å². The van der Waals surface area contributed by atoms with Crippen molar-refractivity contribution in [3.05, 3.63) is 42.4 Å². The second kappa shape index (κ2) is 10.5. The first-order valence-electron chi connectivity index (χ1n) is 11.5. The molecule has 5 N–H and O–H groups in total. The van der Waals surface area contributed by atoms with E-state index in [2.05, 4.69) is 40.5 Å². The van der Waals surface area contributed by atoms with Gasteiger partial charge in [0.2, 0.25) is 0 Å². The van der Waals surface area contributed by atoms with Gasteiger partial charge in [-0.1, -0.05) is 38.1 Å². The normalized spacial score (nSPS) is 13.2. The average molecular weight is 434 g/mol. The van der Waals surface area contributed by atoms with Crippen LogP contribution >= 0.6 is 0 Å². The Morgan fingerprint density at radius 3 is 2.78 bits per heavy atom. The van der Waals surface area contributed by atoms with E-state index in [4.69, 9.17) is 21.7 Å². The van der Waals surface area contributed by atoms with Crippen molar-refractivity contribution >= 4 is 27.8 Å². The predicted octanol–water partition coefficient (Wildman–Crippen LogP) is 4.41. The molecule has 7 heteroatoms. The first-order chi connectivity index (χ1) is 15.4. The van der Waals surface area contributed by atoms with Crippen LogP contribution in [0.4, 0.5) is 5.82 Å². The van der Waals surface area contributed by atoms with Crippen LogP contribution in [0.5, 0.6) is 0 Å². The number of hydrogen-bond acceptors (Lipinski definition) is 6. The van der Waals surface area contributed by atoms with E-state index >= 15 is 0 Å². The molecule has 0 radical (unpaired) electrons. The van der Waals surface area contributed by atoms with Gasteiger partial charge >= 0.3 is 0 Å². The summed E-state index contributed by atoms with van der Waals surface area (Å²) in [5.41, 5.74) is 15.1. The summed E-state index contributed by atoms with van der Waals surface area (Å²) in [4.78, 5) is 9.45. The summed E-state index contributed by atoms with van der Waals surface area (Å²) in [5.74, 6) is 1.58. The Labute approximate surface area is 190 Å².